The highest BCUT2D eigenvalue weighted by Gasteiger charge is 2.44. The Morgan fingerprint density at radius 2 is 1.55 bits per heavy atom. The molecule has 1 aliphatic rings. The number of likely N-dealkylation sites (tertiary alicyclic amines) is 1. The Hall–Kier alpha value is -3.71. The van der Waals surface area contributed by atoms with Crippen LogP contribution in [-0.4, -0.2) is 147 Å². The van der Waals surface area contributed by atoms with E-state index in [2.05, 4.69) is 15.6 Å². The van der Waals surface area contributed by atoms with Crippen LogP contribution in [-0.2, 0) is 44.6 Å². The third-order valence-electron chi connectivity index (χ3n) is 8.61. The number of thiazole rings is 1. The van der Waals surface area contributed by atoms with E-state index in [9.17, 15) is 24.3 Å². The molecule has 3 unspecified atom stereocenters. The van der Waals surface area contributed by atoms with Crippen molar-refractivity contribution in [1.29, 1.82) is 0 Å². The molecule has 314 valence electrons. The van der Waals surface area contributed by atoms with Gasteiger partial charge in [0.05, 0.1) is 68.4 Å². The van der Waals surface area contributed by atoms with Crippen molar-refractivity contribution in [2.24, 2.45) is 11.1 Å². The molecule has 1 saturated heterocycles. The maximum Gasteiger partial charge on any atom is 0.410 e. The van der Waals surface area contributed by atoms with E-state index in [0.29, 0.717) is 32.9 Å². The lowest BCUT2D eigenvalue weighted by atomic mass is 9.85. The van der Waals surface area contributed by atoms with Gasteiger partial charge in [0, 0.05) is 39.1 Å². The second-order valence-corrected chi connectivity index (χ2v) is 16.4. The van der Waals surface area contributed by atoms with Crippen molar-refractivity contribution in [1.82, 2.24) is 25.4 Å². The Balaban J connectivity index is 1.44. The number of ether oxygens (including phenoxy) is 5. The predicted octanol–water partition coefficient (Wildman–Crippen LogP) is 2.49. The summed E-state index contributed by atoms with van der Waals surface area (Å²) >= 11 is 1.57. The second-order valence-electron chi connectivity index (χ2n) is 15.6. The molecule has 3 atom stereocenters. The Morgan fingerprint density at radius 1 is 0.946 bits per heavy atom. The number of rotatable bonds is 22. The molecule has 2 heterocycles. The molecule has 1 aliphatic heterocycles. The topological polar surface area (TPSA) is 204 Å². The number of aryl methyl sites for hydroxylation is 1. The van der Waals surface area contributed by atoms with Crippen molar-refractivity contribution in [3.05, 3.63) is 41.0 Å². The number of nitrogens with one attached hydrogen (secondary N) is 2. The van der Waals surface area contributed by atoms with Crippen molar-refractivity contribution in [3.63, 3.8) is 0 Å². The molecule has 0 aliphatic carbocycles. The predicted molar refractivity (Wildman–Crippen MR) is 212 cm³/mol. The third kappa shape index (κ3) is 16.0. The number of β-amino-alcohol motifs (C(OH)–C–C–N with tert-alkyl or cyclic N) is 1. The third-order valence-corrected chi connectivity index (χ3v) is 9.59. The summed E-state index contributed by atoms with van der Waals surface area (Å²) in [6, 6.07) is 5.95. The molecule has 17 heteroatoms. The zero-order chi connectivity index (χ0) is 41.3. The lowest BCUT2D eigenvalue weighted by molar-refractivity contribution is -0.144. The van der Waals surface area contributed by atoms with E-state index < -0.39 is 47.1 Å². The van der Waals surface area contributed by atoms with Crippen LogP contribution in [0.2, 0.25) is 0 Å². The zero-order valence-corrected chi connectivity index (χ0v) is 34.8. The number of hydrogen-bond donors (Lipinski definition) is 4. The van der Waals surface area contributed by atoms with Gasteiger partial charge in [0.25, 0.3) is 0 Å². The van der Waals surface area contributed by atoms with Gasteiger partial charge in [-0.25, -0.2) is 9.78 Å². The molecule has 2 aromatic rings. The van der Waals surface area contributed by atoms with Crippen LogP contribution in [0.15, 0.2) is 29.8 Å². The number of hydrogen-bond acceptors (Lipinski definition) is 13. The van der Waals surface area contributed by atoms with Crippen molar-refractivity contribution >= 4 is 35.2 Å². The first-order chi connectivity index (χ1) is 26.5. The van der Waals surface area contributed by atoms with Crippen LogP contribution in [0.4, 0.5) is 4.79 Å². The van der Waals surface area contributed by atoms with Gasteiger partial charge in [-0.2, -0.15) is 0 Å². The van der Waals surface area contributed by atoms with Crippen molar-refractivity contribution in [3.8, 4) is 10.4 Å². The summed E-state index contributed by atoms with van der Waals surface area (Å²) in [5.41, 5.74) is 8.72. The van der Waals surface area contributed by atoms with Gasteiger partial charge in [0.15, 0.2) is 0 Å². The van der Waals surface area contributed by atoms with Gasteiger partial charge >= 0.3 is 6.09 Å². The smallest absolute Gasteiger partial charge is 0.410 e. The van der Waals surface area contributed by atoms with Gasteiger partial charge in [-0.05, 0) is 44.2 Å². The minimum atomic E-state index is -0.987. The van der Waals surface area contributed by atoms with Crippen molar-refractivity contribution in [2.45, 2.75) is 85.2 Å². The molecule has 1 aromatic carbocycles. The Labute approximate surface area is 334 Å². The van der Waals surface area contributed by atoms with E-state index in [0.717, 1.165) is 21.7 Å². The quantitative estimate of drug-likeness (QED) is 0.127. The summed E-state index contributed by atoms with van der Waals surface area (Å²) < 4.78 is 27.5. The van der Waals surface area contributed by atoms with E-state index in [1.54, 1.807) is 37.6 Å². The lowest BCUT2D eigenvalue weighted by Gasteiger charge is -2.35. The van der Waals surface area contributed by atoms with Crippen molar-refractivity contribution < 1.29 is 48.0 Å². The Bertz CT molecular complexity index is 1530. The summed E-state index contributed by atoms with van der Waals surface area (Å²) in [7, 11) is 0. The van der Waals surface area contributed by atoms with Crippen molar-refractivity contribution in [2.75, 3.05) is 79.0 Å². The number of carbonyl (C=O) groups is 4. The number of benzene rings is 1. The number of nitrogens with zero attached hydrogens (tertiary/aromatic N) is 3. The molecule has 0 bridgehead atoms. The molecule has 5 N–H and O–H groups in total. The fourth-order valence-electron chi connectivity index (χ4n) is 5.74. The van der Waals surface area contributed by atoms with E-state index in [-0.39, 0.29) is 65.0 Å². The largest absolute Gasteiger partial charge is 0.444 e. The maximum atomic E-state index is 13.9. The summed E-state index contributed by atoms with van der Waals surface area (Å²) in [5, 5.41) is 16.2. The summed E-state index contributed by atoms with van der Waals surface area (Å²) in [4.78, 5) is 61.2. The van der Waals surface area contributed by atoms with Crippen LogP contribution in [0, 0.1) is 12.3 Å². The van der Waals surface area contributed by atoms with Crippen LogP contribution in [0.25, 0.3) is 10.4 Å². The summed E-state index contributed by atoms with van der Waals surface area (Å²) in [5.74, 6) is -1.36. The first kappa shape index (κ1) is 46.7. The van der Waals surface area contributed by atoms with Gasteiger partial charge in [-0.1, -0.05) is 45.0 Å². The number of aliphatic hydroxyl groups is 1. The Morgan fingerprint density at radius 3 is 2.11 bits per heavy atom. The minimum Gasteiger partial charge on any atom is -0.444 e. The van der Waals surface area contributed by atoms with Gasteiger partial charge in [0.2, 0.25) is 17.7 Å². The average Bonchev–Trinajstić information content (AvgIpc) is 3.74. The van der Waals surface area contributed by atoms with Gasteiger partial charge in [-0.3, -0.25) is 14.4 Å². The normalized spacial score (nSPS) is 16.4. The first-order valence-electron chi connectivity index (χ1n) is 19.0. The number of carbonyl (C=O) groups excluding carboxylic acids is 4. The van der Waals surface area contributed by atoms with E-state index in [4.69, 9.17) is 29.4 Å². The fraction of sp³-hybridized carbons (Fsp3) is 0.667. The molecule has 0 radical (unpaired) electrons. The number of aliphatic hydroxyl groups excluding tert-OH is 1. The molecule has 0 spiro atoms. The summed E-state index contributed by atoms with van der Waals surface area (Å²) in [6.07, 6.45) is -1.28. The molecule has 3 rings (SSSR count). The van der Waals surface area contributed by atoms with E-state index in [1.807, 2.05) is 52.0 Å². The standard InChI is InChI=1S/C39H62N6O10S/c1-27-33(56-26-42-27)29-10-8-28(9-11-29)23-41-35(48)31-22-30(46)24-45(31)36(49)34(38(2,3)4)43-32(47)25-54-21-20-53-17-14-44(37(50)55-39(5,6)7)13-16-52-19-18-51-15-12-40/h8-11,26,30-31,34,46H,12-25,40H2,1-7H3,(H,41,48)(H,43,47). The highest BCUT2D eigenvalue weighted by atomic mass is 32.1. The van der Waals surface area contributed by atoms with Crippen LogP contribution < -0.4 is 16.4 Å². The van der Waals surface area contributed by atoms with Gasteiger partial charge in [-0.15, -0.1) is 11.3 Å². The first-order valence-corrected chi connectivity index (χ1v) is 19.9. The molecule has 1 aromatic heterocycles. The van der Waals surface area contributed by atoms with Crippen LogP contribution >= 0.6 is 11.3 Å². The monoisotopic (exact) mass is 806 g/mol. The maximum absolute atomic E-state index is 13.9. The number of amides is 4. The highest BCUT2D eigenvalue weighted by Crippen LogP contribution is 2.28. The molecular weight excluding hydrogens is 745 g/mol. The fourth-order valence-corrected chi connectivity index (χ4v) is 6.56. The SMILES string of the molecule is Cc1ncsc1-c1ccc(CNC(=O)C2CC(O)CN2C(=O)C(NC(=O)COCCOCCN(CCOCCOCCN)C(=O)OC(C)(C)C)C(C)(C)C)cc1. The van der Waals surface area contributed by atoms with Crippen LogP contribution in [0.5, 0.6) is 0 Å². The highest BCUT2D eigenvalue weighted by molar-refractivity contribution is 7.13. The van der Waals surface area contributed by atoms with Crippen LogP contribution in [0.1, 0.15) is 59.2 Å². The average molecular weight is 807 g/mol. The lowest BCUT2D eigenvalue weighted by Crippen LogP contribution is -2.58. The minimum absolute atomic E-state index is 0.0291. The van der Waals surface area contributed by atoms with Crippen LogP contribution in [0.3, 0.4) is 0 Å². The molecule has 1 fully saturated rings. The van der Waals surface area contributed by atoms with E-state index >= 15 is 0 Å². The zero-order valence-electron chi connectivity index (χ0n) is 34.0. The molecule has 16 nitrogen and oxygen atoms in total. The summed E-state index contributed by atoms with van der Waals surface area (Å²) in [6.45, 7) is 15.6. The van der Waals surface area contributed by atoms with Gasteiger partial charge in [0.1, 0.15) is 24.3 Å². The second kappa shape index (κ2) is 22.9. The molecule has 56 heavy (non-hydrogen) atoms. The number of aromatic nitrogens is 1. The molecular formula is C39H62N6O10S. The molecule has 4 amide bonds. The Kier molecular flexibility index (Phi) is 19.1. The number of nitrogens with two attached hydrogens (primary N) is 1. The van der Waals surface area contributed by atoms with Gasteiger partial charge < -0.3 is 55.0 Å². The van der Waals surface area contributed by atoms with E-state index in [1.165, 1.54) is 9.80 Å². The molecule has 0 saturated carbocycles.